The molecule has 2 nitrogen and oxygen atoms in total. The fraction of sp³-hybridized carbons (Fsp3) is 0.294. The number of rotatable bonds is 6. The summed E-state index contributed by atoms with van der Waals surface area (Å²) < 4.78 is 18.7. The monoisotopic (exact) mass is 352 g/mol. The van der Waals surface area contributed by atoms with Crippen LogP contribution in [0.2, 0.25) is 0 Å². The number of aliphatic hydroxyl groups excluding tert-OH is 1. The minimum atomic E-state index is -0.440. The summed E-state index contributed by atoms with van der Waals surface area (Å²) in [5.41, 5.74) is 2.08. The van der Waals surface area contributed by atoms with Crippen molar-refractivity contribution < 1.29 is 14.2 Å². The summed E-state index contributed by atoms with van der Waals surface area (Å²) >= 11 is 3.16. The van der Waals surface area contributed by atoms with Crippen LogP contribution in [0.3, 0.4) is 0 Å². The molecule has 1 atom stereocenters. The van der Waals surface area contributed by atoms with Gasteiger partial charge in [-0.25, -0.2) is 4.39 Å². The summed E-state index contributed by atoms with van der Waals surface area (Å²) in [5, 5.41) is 10.1. The van der Waals surface area contributed by atoms with Crippen molar-refractivity contribution in [3.8, 4) is 5.75 Å². The fourth-order valence-corrected chi connectivity index (χ4v) is 2.59. The van der Waals surface area contributed by atoms with Gasteiger partial charge in [0.25, 0.3) is 0 Å². The van der Waals surface area contributed by atoms with Gasteiger partial charge >= 0.3 is 0 Å². The molecule has 0 radical (unpaired) electrons. The predicted molar refractivity (Wildman–Crippen MR) is 85.1 cm³/mol. The molecule has 2 aromatic carbocycles. The second-order valence-electron chi connectivity index (χ2n) is 4.99. The average Bonchev–Trinajstić information content (AvgIpc) is 2.49. The summed E-state index contributed by atoms with van der Waals surface area (Å²) in [4.78, 5) is 0. The molecule has 0 aliphatic rings. The molecule has 1 unspecified atom stereocenters. The third-order valence-corrected chi connectivity index (χ3v) is 3.99. The van der Waals surface area contributed by atoms with Crippen LogP contribution in [-0.4, -0.2) is 18.3 Å². The Kier molecular flexibility index (Phi) is 5.76. The van der Waals surface area contributed by atoms with Crippen molar-refractivity contribution in [3.05, 3.63) is 63.9 Å². The van der Waals surface area contributed by atoms with Crippen molar-refractivity contribution in [3.63, 3.8) is 0 Å². The summed E-state index contributed by atoms with van der Waals surface area (Å²) in [6.45, 7) is 0. The van der Waals surface area contributed by atoms with Crippen molar-refractivity contribution in [1.29, 1.82) is 0 Å². The van der Waals surface area contributed by atoms with Crippen LogP contribution in [0.1, 0.15) is 17.5 Å². The van der Waals surface area contributed by atoms with E-state index in [1.807, 2.05) is 24.3 Å². The summed E-state index contributed by atoms with van der Waals surface area (Å²) in [6.07, 6.45) is 1.55. The maximum absolute atomic E-state index is 13.1. The number of hydrogen-bond donors (Lipinski definition) is 1. The van der Waals surface area contributed by atoms with Gasteiger partial charge in [0.15, 0.2) is 0 Å². The first kappa shape index (κ1) is 16.0. The van der Waals surface area contributed by atoms with E-state index < -0.39 is 6.10 Å². The van der Waals surface area contributed by atoms with Gasteiger partial charge in [-0.3, -0.25) is 0 Å². The molecule has 1 N–H and O–H groups in total. The standard InChI is InChI=1S/C17H18BrFO2/c1-21-15-7-3-12(4-8-15)2-6-14(20)10-13-5-9-17(19)16(18)11-13/h3-5,7-9,11,14,20H,2,6,10H2,1H3. The number of aryl methyl sites for hydroxylation is 1. The zero-order chi connectivity index (χ0) is 15.2. The highest BCUT2D eigenvalue weighted by atomic mass is 79.9. The van der Waals surface area contributed by atoms with Crippen LogP contribution in [0.15, 0.2) is 46.9 Å². The van der Waals surface area contributed by atoms with Crippen molar-refractivity contribution in [2.24, 2.45) is 0 Å². The highest BCUT2D eigenvalue weighted by Gasteiger charge is 2.08. The van der Waals surface area contributed by atoms with Crippen molar-refractivity contribution in [2.45, 2.75) is 25.4 Å². The largest absolute Gasteiger partial charge is 0.497 e. The summed E-state index contributed by atoms with van der Waals surface area (Å²) in [6, 6.07) is 12.7. The normalized spacial score (nSPS) is 12.2. The second kappa shape index (κ2) is 7.57. The Morgan fingerprint density at radius 1 is 1.14 bits per heavy atom. The van der Waals surface area contributed by atoms with Gasteiger partial charge in [0, 0.05) is 0 Å². The SMILES string of the molecule is COc1ccc(CCC(O)Cc2ccc(F)c(Br)c2)cc1. The Bertz CT molecular complexity index is 584. The number of ether oxygens (including phenoxy) is 1. The maximum Gasteiger partial charge on any atom is 0.137 e. The summed E-state index contributed by atoms with van der Waals surface area (Å²) in [7, 11) is 1.64. The molecular weight excluding hydrogens is 335 g/mol. The molecule has 21 heavy (non-hydrogen) atoms. The van der Waals surface area contributed by atoms with E-state index in [0.717, 1.165) is 23.3 Å². The van der Waals surface area contributed by atoms with Crippen LogP contribution in [-0.2, 0) is 12.8 Å². The van der Waals surface area contributed by atoms with Gasteiger partial charge in [0.1, 0.15) is 11.6 Å². The van der Waals surface area contributed by atoms with Gasteiger partial charge in [-0.05, 0) is 70.6 Å². The maximum atomic E-state index is 13.1. The highest BCUT2D eigenvalue weighted by Crippen LogP contribution is 2.19. The Morgan fingerprint density at radius 2 is 1.81 bits per heavy atom. The predicted octanol–water partition coefficient (Wildman–Crippen LogP) is 4.13. The molecule has 2 aromatic rings. The Hall–Kier alpha value is -1.39. The lowest BCUT2D eigenvalue weighted by molar-refractivity contribution is 0.165. The minimum absolute atomic E-state index is 0.286. The van der Waals surface area contributed by atoms with E-state index >= 15 is 0 Å². The topological polar surface area (TPSA) is 29.5 Å². The van der Waals surface area contributed by atoms with E-state index in [9.17, 15) is 9.50 Å². The lowest BCUT2D eigenvalue weighted by Crippen LogP contribution is -2.11. The zero-order valence-corrected chi connectivity index (χ0v) is 13.4. The Labute approximate surface area is 132 Å². The van der Waals surface area contributed by atoms with Crippen LogP contribution >= 0.6 is 15.9 Å². The van der Waals surface area contributed by atoms with E-state index in [1.165, 1.54) is 6.07 Å². The van der Waals surface area contributed by atoms with E-state index in [-0.39, 0.29) is 5.82 Å². The third kappa shape index (κ3) is 4.83. The lowest BCUT2D eigenvalue weighted by Gasteiger charge is -2.11. The molecule has 2 rings (SSSR count). The van der Waals surface area contributed by atoms with Gasteiger partial charge in [0.05, 0.1) is 17.7 Å². The Morgan fingerprint density at radius 3 is 2.43 bits per heavy atom. The molecule has 0 spiro atoms. The molecule has 0 bridgehead atoms. The van der Waals surface area contributed by atoms with E-state index in [1.54, 1.807) is 19.2 Å². The van der Waals surface area contributed by atoms with E-state index in [4.69, 9.17) is 4.74 Å². The molecule has 0 amide bonds. The summed E-state index contributed by atoms with van der Waals surface area (Å²) in [5.74, 6) is 0.543. The molecule has 0 aromatic heterocycles. The first-order chi connectivity index (χ1) is 10.1. The average molecular weight is 353 g/mol. The van der Waals surface area contributed by atoms with Crippen LogP contribution in [0.25, 0.3) is 0 Å². The highest BCUT2D eigenvalue weighted by molar-refractivity contribution is 9.10. The lowest BCUT2D eigenvalue weighted by atomic mass is 10.0. The van der Waals surface area contributed by atoms with E-state index in [0.29, 0.717) is 17.3 Å². The number of halogens is 2. The first-order valence-corrected chi connectivity index (χ1v) is 7.62. The molecule has 0 heterocycles. The van der Waals surface area contributed by atoms with Crippen LogP contribution in [0.5, 0.6) is 5.75 Å². The fourth-order valence-electron chi connectivity index (χ4n) is 2.17. The molecule has 112 valence electrons. The quantitative estimate of drug-likeness (QED) is 0.846. The second-order valence-corrected chi connectivity index (χ2v) is 5.85. The number of methoxy groups -OCH3 is 1. The molecule has 0 saturated heterocycles. The van der Waals surface area contributed by atoms with Gasteiger partial charge in [0.2, 0.25) is 0 Å². The third-order valence-electron chi connectivity index (χ3n) is 3.38. The number of hydrogen-bond acceptors (Lipinski definition) is 2. The van der Waals surface area contributed by atoms with Crippen molar-refractivity contribution >= 4 is 15.9 Å². The molecule has 0 aliphatic carbocycles. The van der Waals surface area contributed by atoms with Gasteiger partial charge in [-0.15, -0.1) is 0 Å². The van der Waals surface area contributed by atoms with Crippen LogP contribution < -0.4 is 4.74 Å². The Balaban J connectivity index is 1.86. The van der Waals surface area contributed by atoms with E-state index in [2.05, 4.69) is 15.9 Å². The van der Waals surface area contributed by atoms with Crippen molar-refractivity contribution in [2.75, 3.05) is 7.11 Å². The molecule has 4 heteroatoms. The number of benzene rings is 2. The number of aliphatic hydroxyl groups is 1. The molecule has 0 saturated carbocycles. The molecule has 0 fully saturated rings. The molecule has 0 aliphatic heterocycles. The van der Waals surface area contributed by atoms with Crippen LogP contribution in [0.4, 0.5) is 4.39 Å². The molecular formula is C17H18BrFO2. The smallest absolute Gasteiger partial charge is 0.137 e. The zero-order valence-electron chi connectivity index (χ0n) is 11.9. The van der Waals surface area contributed by atoms with Gasteiger partial charge < -0.3 is 9.84 Å². The van der Waals surface area contributed by atoms with Gasteiger partial charge in [-0.1, -0.05) is 18.2 Å². The van der Waals surface area contributed by atoms with Gasteiger partial charge in [-0.2, -0.15) is 0 Å². The minimum Gasteiger partial charge on any atom is -0.497 e. The van der Waals surface area contributed by atoms with Crippen molar-refractivity contribution in [1.82, 2.24) is 0 Å². The first-order valence-electron chi connectivity index (χ1n) is 6.83. The van der Waals surface area contributed by atoms with Crippen LogP contribution in [0, 0.1) is 5.82 Å².